The molecule has 2 heteroatoms. The molecule has 0 rings (SSSR count). The van der Waals surface area contributed by atoms with E-state index in [0.717, 1.165) is 0 Å². The van der Waals surface area contributed by atoms with Crippen molar-refractivity contribution in [3.05, 3.63) is 38.0 Å². The van der Waals surface area contributed by atoms with Crippen LogP contribution in [-0.2, 0) is 0 Å². The predicted octanol–water partition coefficient (Wildman–Crippen LogP) is 1.21. The topological polar surface area (TPSA) is 0 Å². The van der Waals surface area contributed by atoms with Gasteiger partial charge >= 0.3 is 90.3 Å². The first-order valence-corrected chi connectivity index (χ1v) is 11.1. The van der Waals surface area contributed by atoms with Crippen LogP contribution < -0.4 is 17.0 Å². The van der Waals surface area contributed by atoms with Gasteiger partial charge in [-0.15, -0.1) is 0 Å². The summed E-state index contributed by atoms with van der Waals surface area (Å²) >= 11 is -1.05. The standard InChI is InChI=1S/3C4H7.BrH.Sn/c3*1-3-4-2;;/h3*3H,1-2,4H2;1H;/q;;;;+1/p-1. The van der Waals surface area contributed by atoms with E-state index in [1.807, 2.05) is 0 Å². The summed E-state index contributed by atoms with van der Waals surface area (Å²) in [5.74, 6) is 0. The van der Waals surface area contributed by atoms with E-state index in [9.17, 15) is 0 Å². The molecule has 0 spiro atoms. The molecule has 0 aromatic heterocycles. The van der Waals surface area contributed by atoms with E-state index >= 15 is 0 Å². The largest absolute Gasteiger partial charge is 1.00 e. The van der Waals surface area contributed by atoms with Crippen LogP contribution in [0.15, 0.2) is 38.0 Å². The fourth-order valence-corrected chi connectivity index (χ4v) is 8.68. The van der Waals surface area contributed by atoms with E-state index in [1.54, 1.807) is 0 Å². The molecule has 0 nitrogen and oxygen atoms in total. The molecule has 0 aliphatic heterocycles. The summed E-state index contributed by atoms with van der Waals surface area (Å²) < 4.78 is 4.40. The molecule has 0 saturated heterocycles. The Hall–Kier alpha value is 0.499. The maximum Gasteiger partial charge on any atom is -1.00 e. The average molecular weight is 364 g/mol. The molecule has 0 unspecified atom stereocenters. The summed E-state index contributed by atoms with van der Waals surface area (Å²) in [4.78, 5) is 0. The van der Waals surface area contributed by atoms with Crippen LogP contribution in [0.1, 0.15) is 19.3 Å². The van der Waals surface area contributed by atoms with Gasteiger partial charge in [0, 0.05) is 0 Å². The first kappa shape index (κ1) is 16.9. The summed E-state index contributed by atoms with van der Waals surface area (Å²) in [6, 6.07) is 0. The van der Waals surface area contributed by atoms with Gasteiger partial charge in [-0.3, -0.25) is 0 Å². The second-order valence-electron chi connectivity index (χ2n) is 3.23. The third-order valence-corrected chi connectivity index (χ3v) is 10.6. The van der Waals surface area contributed by atoms with Crippen molar-refractivity contribution in [3.63, 3.8) is 0 Å². The monoisotopic (exact) mass is 364 g/mol. The van der Waals surface area contributed by atoms with Crippen molar-refractivity contribution in [1.82, 2.24) is 0 Å². The van der Waals surface area contributed by atoms with Crippen LogP contribution in [0.3, 0.4) is 0 Å². The number of allylic oxidation sites excluding steroid dienone is 3. The Morgan fingerprint density at radius 3 is 1.21 bits per heavy atom. The van der Waals surface area contributed by atoms with Gasteiger partial charge in [-0.05, 0) is 0 Å². The number of hydrogen-bond acceptors (Lipinski definition) is 0. The number of hydrogen-bond donors (Lipinski definition) is 0. The fourth-order valence-electron chi connectivity index (χ4n) is 1.29. The number of halogens is 1. The number of rotatable bonds is 9. The van der Waals surface area contributed by atoms with E-state index in [1.165, 1.54) is 32.6 Å². The van der Waals surface area contributed by atoms with Crippen LogP contribution in [0.4, 0.5) is 0 Å². The molecule has 0 radical (unpaired) electrons. The molecule has 0 N–H and O–H groups in total. The Balaban J connectivity index is 0. The fraction of sp³-hybridized carbons (Fsp3) is 0.500. The van der Waals surface area contributed by atoms with Gasteiger partial charge < -0.3 is 17.0 Å². The Kier molecular flexibility index (Phi) is 16.3. The zero-order valence-corrected chi connectivity index (χ0v) is 13.4. The van der Waals surface area contributed by atoms with E-state index in [4.69, 9.17) is 0 Å². The molecule has 0 heterocycles. The maximum absolute atomic E-state index is 3.78. The first-order valence-electron chi connectivity index (χ1n) is 5.01. The average Bonchev–Trinajstić information content (AvgIpc) is 2.17. The molecule has 0 fully saturated rings. The zero-order valence-electron chi connectivity index (χ0n) is 8.97. The van der Waals surface area contributed by atoms with Gasteiger partial charge in [0.1, 0.15) is 0 Å². The first-order chi connectivity index (χ1) is 6.35. The van der Waals surface area contributed by atoms with Gasteiger partial charge in [-0.2, -0.15) is 0 Å². The Bertz CT molecular complexity index is 126. The summed E-state index contributed by atoms with van der Waals surface area (Å²) in [5, 5.41) is 0. The van der Waals surface area contributed by atoms with Crippen LogP contribution in [-0.4, -0.2) is 19.8 Å². The van der Waals surface area contributed by atoms with E-state index in [0.29, 0.717) is 0 Å². The summed E-state index contributed by atoms with van der Waals surface area (Å²) in [5.41, 5.74) is 0. The van der Waals surface area contributed by atoms with Crippen LogP contribution in [0.5, 0.6) is 0 Å². The van der Waals surface area contributed by atoms with Gasteiger partial charge in [-0.1, -0.05) is 0 Å². The molecule has 0 aliphatic rings. The maximum atomic E-state index is 3.78. The molecule has 0 atom stereocenters. The molecule has 0 bridgehead atoms. The zero-order chi connectivity index (χ0) is 9.94. The predicted molar refractivity (Wildman–Crippen MR) is 64.6 cm³/mol. The second-order valence-corrected chi connectivity index (χ2v) is 11.8. The minimum Gasteiger partial charge on any atom is -1.00 e. The van der Waals surface area contributed by atoms with Crippen molar-refractivity contribution >= 4 is 19.8 Å². The third-order valence-electron chi connectivity index (χ3n) is 2.11. The molecule has 80 valence electrons. The van der Waals surface area contributed by atoms with Crippen LogP contribution in [0.2, 0.25) is 13.3 Å². The van der Waals surface area contributed by atoms with E-state index in [-0.39, 0.29) is 17.0 Å². The smallest absolute Gasteiger partial charge is 1.00 e. The molecule has 0 aromatic carbocycles. The molecule has 0 saturated carbocycles. The van der Waals surface area contributed by atoms with Crippen molar-refractivity contribution in [3.8, 4) is 0 Å². The third kappa shape index (κ3) is 10.6. The van der Waals surface area contributed by atoms with Gasteiger partial charge in [0.15, 0.2) is 0 Å². The van der Waals surface area contributed by atoms with Gasteiger partial charge in [0.25, 0.3) is 0 Å². The van der Waals surface area contributed by atoms with Gasteiger partial charge in [-0.25, -0.2) is 0 Å². The van der Waals surface area contributed by atoms with Crippen LogP contribution in [0, 0.1) is 0 Å². The van der Waals surface area contributed by atoms with Crippen molar-refractivity contribution in [2.45, 2.75) is 32.6 Å². The summed E-state index contributed by atoms with van der Waals surface area (Å²) in [7, 11) is 0. The van der Waals surface area contributed by atoms with E-state index < -0.39 is 19.8 Å². The van der Waals surface area contributed by atoms with Crippen LogP contribution >= 0.6 is 0 Å². The summed E-state index contributed by atoms with van der Waals surface area (Å²) in [6.45, 7) is 11.4. The molecule has 0 aromatic rings. The van der Waals surface area contributed by atoms with Crippen molar-refractivity contribution in [1.29, 1.82) is 0 Å². The normalized spacial score (nSPS) is 8.57. The molecule has 0 aliphatic carbocycles. The molecular formula is C12H21BrSn. The van der Waals surface area contributed by atoms with E-state index in [2.05, 4.69) is 38.0 Å². The molecule has 14 heavy (non-hydrogen) atoms. The quantitative estimate of drug-likeness (QED) is 0.427. The SMILES string of the molecule is C=CC[CH2][Sn+]([CH2]CC=C)[CH2]CC=C.[Br-]. The van der Waals surface area contributed by atoms with Gasteiger partial charge in [0.2, 0.25) is 0 Å². The Morgan fingerprint density at radius 1 is 0.714 bits per heavy atom. The summed E-state index contributed by atoms with van der Waals surface area (Å²) in [6.07, 6.45) is 9.85. The Labute approximate surface area is 107 Å². The van der Waals surface area contributed by atoms with Crippen molar-refractivity contribution < 1.29 is 17.0 Å². The molecular weight excluding hydrogens is 343 g/mol. The van der Waals surface area contributed by atoms with Crippen molar-refractivity contribution in [2.24, 2.45) is 0 Å². The van der Waals surface area contributed by atoms with Crippen LogP contribution in [0.25, 0.3) is 0 Å². The van der Waals surface area contributed by atoms with Gasteiger partial charge in [0.05, 0.1) is 0 Å². The minimum absolute atomic E-state index is 0. The second kappa shape index (κ2) is 13.5. The molecule has 0 amide bonds. The minimum atomic E-state index is -1.05. The van der Waals surface area contributed by atoms with Crippen molar-refractivity contribution in [2.75, 3.05) is 0 Å². The Morgan fingerprint density at radius 2 is 1.00 bits per heavy atom.